The molecule has 0 aromatic carbocycles. The molecule has 19 heavy (non-hydrogen) atoms. The molecule has 0 aliphatic carbocycles. The molecule has 1 saturated heterocycles. The maximum atomic E-state index is 4.43. The highest BCUT2D eigenvalue weighted by molar-refractivity contribution is 7.18. The Morgan fingerprint density at radius 3 is 3.21 bits per heavy atom. The number of aromatic nitrogens is 2. The van der Waals surface area contributed by atoms with Crippen LogP contribution in [0.2, 0.25) is 0 Å². The third kappa shape index (κ3) is 2.58. The molecule has 3 rings (SSSR count). The van der Waals surface area contributed by atoms with Gasteiger partial charge in [-0.05, 0) is 43.8 Å². The van der Waals surface area contributed by atoms with Gasteiger partial charge in [-0.25, -0.2) is 9.97 Å². The number of fused-ring (bicyclic) bond motifs is 1. The maximum absolute atomic E-state index is 4.43. The van der Waals surface area contributed by atoms with Crippen LogP contribution in [0, 0.1) is 6.92 Å². The lowest BCUT2D eigenvalue weighted by atomic mass is 10.1. The van der Waals surface area contributed by atoms with E-state index in [2.05, 4.69) is 39.4 Å². The summed E-state index contributed by atoms with van der Waals surface area (Å²) in [6, 6.07) is 0.509. The largest absolute Gasteiger partial charge is 0.365 e. The predicted octanol–water partition coefficient (Wildman–Crippen LogP) is 2.90. The first-order chi connectivity index (χ1) is 9.28. The molecule has 0 radical (unpaired) electrons. The minimum atomic E-state index is 0.509. The second-order valence-corrected chi connectivity index (χ2v) is 6.08. The highest BCUT2D eigenvalue weighted by Crippen LogP contribution is 2.29. The fraction of sp³-hybridized carbons (Fsp3) is 0.571. The van der Waals surface area contributed by atoms with Gasteiger partial charge in [-0.3, -0.25) is 0 Å². The van der Waals surface area contributed by atoms with Crippen LogP contribution in [0.25, 0.3) is 10.2 Å². The summed E-state index contributed by atoms with van der Waals surface area (Å²) in [5.74, 6) is 1.01. The number of piperidine rings is 1. The normalized spacial score (nSPS) is 20.8. The number of anilines is 1. The van der Waals surface area contributed by atoms with Crippen molar-refractivity contribution >= 4 is 27.4 Å². The average molecular weight is 276 g/mol. The predicted molar refractivity (Wildman–Crippen MR) is 80.9 cm³/mol. The van der Waals surface area contributed by atoms with Crippen molar-refractivity contribution in [2.45, 2.75) is 32.7 Å². The molecule has 3 heterocycles. The Bertz CT molecular complexity index is 566. The molecule has 2 aromatic heterocycles. The molecule has 5 heteroatoms. The number of hydrogen-bond donors (Lipinski definition) is 1. The van der Waals surface area contributed by atoms with Gasteiger partial charge in [0.15, 0.2) is 0 Å². The lowest BCUT2D eigenvalue weighted by Crippen LogP contribution is -2.41. The van der Waals surface area contributed by atoms with E-state index in [1.807, 2.05) is 0 Å². The monoisotopic (exact) mass is 276 g/mol. The summed E-state index contributed by atoms with van der Waals surface area (Å²) in [5.41, 5.74) is 2.33. The van der Waals surface area contributed by atoms with Gasteiger partial charge in [-0.1, -0.05) is 6.92 Å². The van der Waals surface area contributed by atoms with Crippen LogP contribution in [-0.2, 0) is 0 Å². The molecular formula is C14H20N4S. The molecule has 1 atom stereocenters. The summed E-state index contributed by atoms with van der Waals surface area (Å²) in [5, 5.41) is 5.78. The fourth-order valence-corrected chi connectivity index (χ4v) is 3.68. The number of hydrogen-bond acceptors (Lipinski definition) is 5. The molecule has 1 N–H and O–H groups in total. The number of nitrogens with one attached hydrogen (secondary N) is 1. The summed E-state index contributed by atoms with van der Waals surface area (Å²) in [4.78, 5) is 11.3. The van der Waals surface area contributed by atoms with Crippen molar-refractivity contribution in [1.29, 1.82) is 0 Å². The SMILES string of the molecule is CCN1CCCC(Nc2ncnc3c(C)csc23)C1. The smallest absolute Gasteiger partial charge is 0.147 e. The number of likely N-dealkylation sites (tertiary alicyclic amines) is 1. The van der Waals surface area contributed by atoms with Gasteiger partial charge in [0.25, 0.3) is 0 Å². The quantitative estimate of drug-likeness (QED) is 0.936. The summed E-state index contributed by atoms with van der Waals surface area (Å²) in [6.45, 7) is 7.82. The highest BCUT2D eigenvalue weighted by atomic mass is 32.1. The standard InChI is InChI=1S/C14H20N4S/c1-3-18-6-4-5-11(7-18)17-14-13-12(15-9-16-14)10(2)8-19-13/h8-9,11H,3-7H2,1-2H3,(H,15,16,17). The number of aryl methyl sites for hydroxylation is 1. The summed E-state index contributed by atoms with van der Waals surface area (Å²) < 4.78 is 1.19. The first kappa shape index (κ1) is 12.8. The fourth-order valence-electron chi connectivity index (χ4n) is 2.73. The van der Waals surface area contributed by atoms with Gasteiger partial charge in [0.2, 0.25) is 0 Å². The van der Waals surface area contributed by atoms with Crippen molar-refractivity contribution in [3.63, 3.8) is 0 Å². The number of nitrogens with zero attached hydrogens (tertiary/aromatic N) is 3. The van der Waals surface area contributed by atoms with Crippen molar-refractivity contribution < 1.29 is 0 Å². The molecule has 0 spiro atoms. The summed E-state index contributed by atoms with van der Waals surface area (Å²) in [7, 11) is 0. The van der Waals surface area contributed by atoms with E-state index in [1.165, 1.54) is 29.6 Å². The molecule has 0 amide bonds. The third-order valence-corrected chi connectivity index (χ3v) is 4.92. The molecule has 1 aliphatic rings. The minimum absolute atomic E-state index is 0.509. The van der Waals surface area contributed by atoms with Crippen molar-refractivity contribution in [2.75, 3.05) is 25.0 Å². The minimum Gasteiger partial charge on any atom is -0.365 e. The maximum Gasteiger partial charge on any atom is 0.147 e. The Kier molecular flexibility index (Phi) is 3.66. The van der Waals surface area contributed by atoms with Crippen molar-refractivity contribution in [3.05, 3.63) is 17.3 Å². The molecule has 0 bridgehead atoms. The van der Waals surface area contributed by atoms with Crippen LogP contribution >= 0.6 is 11.3 Å². The van der Waals surface area contributed by atoms with E-state index in [0.29, 0.717) is 6.04 Å². The van der Waals surface area contributed by atoms with Crippen LogP contribution in [0.4, 0.5) is 5.82 Å². The van der Waals surface area contributed by atoms with Crippen molar-refractivity contribution in [2.24, 2.45) is 0 Å². The van der Waals surface area contributed by atoms with E-state index >= 15 is 0 Å². The van der Waals surface area contributed by atoms with E-state index in [1.54, 1.807) is 17.7 Å². The lowest BCUT2D eigenvalue weighted by Gasteiger charge is -2.32. The first-order valence-corrected chi connectivity index (χ1v) is 7.83. The van der Waals surface area contributed by atoms with Crippen LogP contribution in [0.3, 0.4) is 0 Å². The van der Waals surface area contributed by atoms with Gasteiger partial charge < -0.3 is 10.2 Å². The molecular weight excluding hydrogens is 256 g/mol. The van der Waals surface area contributed by atoms with E-state index in [0.717, 1.165) is 24.4 Å². The third-order valence-electron chi connectivity index (χ3n) is 3.82. The second-order valence-electron chi connectivity index (χ2n) is 5.20. The zero-order valence-electron chi connectivity index (χ0n) is 11.5. The Labute approximate surface area is 117 Å². The topological polar surface area (TPSA) is 41.0 Å². The van der Waals surface area contributed by atoms with Gasteiger partial charge in [-0.2, -0.15) is 0 Å². The van der Waals surface area contributed by atoms with E-state index in [4.69, 9.17) is 0 Å². The van der Waals surface area contributed by atoms with Gasteiger partial charge in [-0.15, -0.1) is 11.3 Å². The van der Waals surface area contributed by atoms with E-state index in [-0.39, 0.29) is 0 Å². The molecule has 102 valence electrons. The van der Waals surface area contributed by atoms with Crippen molar-refractivity contribution in [3.8, 4) is 0 Å². The number of thiophene rings is 1. The van der Waals surface area contributed by atoms with Crippen LogP contribution in [0.1, 0.15) is 25.3 Å². The average Bonchev–Trinajstić information content (AvgIpc) is 2.82. The molecule has 1 unspecified atom stereocenters. The van der Waals surface area contributed by atoms with Gasteiger partial charge in [0, 0.05) is 12.6 Å². The molecule has 0 saturated carbocycles. The molecule has 1 fully saturated rings. The van der Waals surface area contributed by atoms with Crippen LogP contribution in [0.15, 0.2) is 11.7 Å². The van der Waals surface area contributed by atoms with Crippen LogP contribution in [-0.4, -0.2) is 40.5 Å². The summed E-state index contributed by atoms with van der Waals surface area (Å²) in [6.07, 6.45) is 4.17. The summed E-state index contributed by atoms with van der Waals surface area (Å²) >= 11 is 1.73. The second kappa shape index (κ2) is 5.43. The number of rotatable bonds is 3. The molecule has 1 aliphatic heterocycles. The van der Waals surface area contributed by atoms with Crippen molar-refractivity contribution in [1.82, 2.24) is 14.9 Å². The number of likely N-dealkylation sites (N-methyl/N-ethyl adjacent to an activating group) is 1. The van der Waals surface area contributed by atoms with Crippen LogP contribution in [0.5, 0.6) is 0 Å². The van der Waals surface area contributed by atoms with E-state index < -0.39 is 0 Å². The van der Waals surface area contributed by atoms with E-state index in [9.17, 15) is 0 Å². The van der Waals surface area contributed by atoms with Crippen LogP contribution < -0.4 is 5.32 Å². The van der Waals surface area contributed by atoms with Gasteiger partial charge in [0.05, 0.1) is 10.2 Å². The molecule has 4 nitrogen and oxygen atoms in total. The first-order valence-electron chi connectivity index (χ1n) is 6.95. The zero-order chi connectivity index (χ0) is 13.2. The Balaban J connectivity index is 1.81. The van der Waals surface area contributed by atoms with Gasteiger partial charge in [0.1, 0.15) is 12.1 Å². The highest BCUT2D eigenvalue weighted by Gasteiger charge is 2.20. The Hall–Kier alpha value is -1.20. The lowest BCUT2D eigenvalue weighted by molar-refractivity contribution is 0.226. The Morgan fingerprint density at radius 1 is 1.47 bits per heavy atom. The molecule has 2 aromatic rings. The zero-order valence-corrected chi connectivity index (χ0v) is 12.3. The Morgan fingerprint density at radius 2 is 2.37 bits per heavy atom. The van der Waals surface area contributed by atoms with Gasteiger partial charge >= 0.3 is 0 Å².